The molecular weight excluding hydrogens is 330 g/mol. The Kier molecular flexibility index (Phi) is 6.36. The zero-order valence-corrected chi connectivity index (χ0v) is 14.6. The largest absolute Gasteiger partial charge is 0.490 e. The number of esters is 1. The first-order valence-electron chi connectivity index (χ1n) is 7.51. The zero-order valence-electron chi connectivity index (χ0n) is 13.7. The van der Waals surface area contributed by atoms with Crippen LogP contribution in [0.25, 0.3) is 0 Å². The highest BCUT2D eigenvalue weighted by Crippen LogP contribution is 2.28. The lowest BCUT2D eigenvalue weighted by Crippen LogP contribution is -2.19. The van der Waals surface area contributed by atoms with E-state index in [1.807, 2.05) is 6.92 Å². The molecule has 1 saturated heterocycles. The number of rotatable bonds is 6. The van der Waals surface area contributed by atoms with Crippen LogP contribution < -0.4 is 14.8 Å². The van der Waals surface area contributed by atoms with Gasteiger partial charge in [0.25, 0.3) is 0 Å². The topological polar surface area (TPSA) is 89.3 Å². The number of amidine groups is 1. The van der Waals surface area contributed by atoms with Crippen molar-refractivity contribution in [2.75, 3.05) is 12.4 Å². The second kappa shape index (κ2) is 8.49. The molecule has 1 aliphatic heterocycles. The van der Waals surface area contributed by atoms with Crippen LogP contribution >= 0.6 is 11.8 Å². The van der Waals surface area contributed by atoms with Crippen molar-refractivity contribution >= 4 is 35.0 Å². The van der Waals surface area contributed by atoms with Gasteiger partial charge in [-0.1, -0.05) is 25.6 Å². The summed E-state index contributed by atoms with van der Waals surface area (Å²) in [6, 6.07) is 5.12. The van der Waals surface area contributed by atoms with Crippen molar-refractivity contribution in [3.8, 4) is 11.5 Å². The number of hydrogen-bond acceptors (Lipinski definition) is 7. The van der Waals surface area contributed by atoms with E-state index in [-0.39, 0.29) is 17.8 Å². The molecule has 1 N–H and O–H groups in total. The highest BCUT2D eigenvalue weighted by molar-refractivity contribution is 8.15. The molecule has 0 radical (unpaired) electrons. The van der Waals surface area contributed by atoms with Gasteiger partial charge in [0.05, 0.1) is 24.5 Å². The molecule has 0 spiro atoms. The molecule has 2 rings (SSSR count). The number of nitrogens with zero attached hydrogens (tertiary/aromatic N) is 2. The molecule has 0 saturated carbocycles. The summed E-state index contributed by atoms with van der Waals surface area (Å²) in [5.74, 6) is 0.570. The van der Waals surface area contributed by atoms with E-state index in [1.165, 1.54) is 18.0 Å². The van der Waals surface area contributed by atoms with Crippen molar-refractivity contribution in [1.29, 1.82) is 0 Å². The summed E-state index contributed by atoms with van der Waals surface area (Å²) in [4.78, 5) is 22.8. The molecule has 1 amide bonds. The minimum Gasteiger partial charge on any atom is -0.490 e. The molecule has 1 aromatic rings. The number of benzene rings is 1. The van der Waals surface area contributed by atoms with Crippen LogP contribution in [0.15, 0.2) is 28.4 Å². The maximum Gasteiger partial charge on any atom is 0.313 e. The molecule has 0 aliphatic carbocycles. The van der Waals surface area contributed by atoms with E-state index in [2.05, 4.69) is 15.5 Å². The van der Waals surface area contributed by atoms with E-state index in [4.69, 9.17) is 9.47 Å². The monoisotopic (exact) mass is 349 g/mol. The Morgan fingerprint density at radius 1 is 1.42 bits per heavy atom. The summed E-state index contributed by atoms with van der Waals surface area (Å²) in [6.07, 6.45) is 1.54. The van der Waals surface area contributed by atoms with Gasteiger partial charge in [-0.05, 0) is 30.7 Å². The minimum absolute atomic E-state index is 0.0797. The zero-order chi connectivity index (χ0) is 17.5. The molecule has 0 atom stereocenters. The maximum absolute atomic E-state index is 11.7. The van der Waals surface area contributed by atoms with Crippen LogP contribution in [0.1, 0.15) is 26.3 Å². The molecule has 7 nitrogen and oxygen atoms in total. The van der Waals surface area contributed by atoms with Gasteiger partial charge in [-0.25, -0.2) is 0 Å². The average molecular weight is 349 g/mol. The van der Waals surface area contributed by atoms with Gasteiger partial charge < -0.3 is 14.8 Å². The van der Waals surface area contributed by atoms with Crippen LogP contribution in [0.4, 0.5) is 0 Å². The summed E-state index contributed by atoms with van der Waals surface area (Å²) in [6.45, 7) is 5.82. The Labute approximate surface area is 144 Å². The Hall–Kier alpha value is -2.35. The average Bonchev–Trinajstić information content (AvgIpc) is 2.95. The Bertz CT molecular complexity index is 686. The predicted molar refractivity (Wildman–Crippen MR) is 93.7 cm³/mol. The normalized spacial score (nSPS) is 16.0. The number of nitrogens with one attached hydrogen (secondary N) is 1. The standard InChI is InChI=1S/C16H19N3O4S/c1-4-22-13-7-11(5-6-12(13)23-15(21)10(2)3)8-17-19-16-18-14(20)9-24-16/h5-8,10H,4,9H2,1-3H3,(H,18,19,20). The molecule has 1 fully saturated rings. The molecule has 0 unspecified atom stereocenters. The van der Waals surface area contributed by atoms with Crippen molar-refractivity contribution < 1.29 is 19.1 Å². The van der Waals surface area contributed by atoms with Gasteiger partial charge in [-0.3, -0.25) is 9.59 Å². The maximum atomic E-state index is 11.7. The second-order valence-corrected chi connectivity index (χ2v) is 6.17. The molecule has 1 heterocycles. The lowest BCUT2D eigenvalue weighted by molar-refractivity contribution is -0.137. The van der Waals surface area contributed by atoms with Crippen molar-refractivity contribution in [2.24, 2.45) is 16.1 Å². The van der Waals surface area contributed by atoms with E-state index in [1.54, 1.807) is 32.0 Å². The fraction of sp³-hybridized carbons (Fsp3) is 0.375. The third-order valence-electron chi connectivity index (χ3n) is 2.89. The summed E-state index contributed by atoms with van der Waals surface area (Å²) < 4.78 is 10.8. The fourth-order valence-corrected chi connectivity index (χ4v) is 2.34. The van der Waals surface area contributed by atoms with Gasteiger partial charge in [0, 0.05) is 0 Å². The van der Waals surface area contributed by atoms with E-state index in [0.717, 1.165) is 5.56 Å². The van der Waals surface area contributed by atoms with E-state index in [9.17, 15) is 9.59 Å². The highest BCUT2D eigenvalue weighted by atomic mass is 32.2. The fourth-order valence-electron chi connectivity index (χ4n) is 1.71. The number of amides is 1. The third-order valence-corrected chi connectivity index (χ3v) is 3.75. The number of carbonyl (C=O) groups excluding carboxylic acids is 2. The van der Waals surface area contributed by atoms with Gasteiger partial charge in [0.15, 0.2) is 16.7 Å². The molecule has 24 heavy (non-hydrogen) atoms. The van der Waals surface area contributed by atoms with Crippen molar-refractivity contribution in [2.45, 2.75) is 20.8 Å². The summed E-state index contributed by atoms with van der Waals surface area (Å²) in [5.41, 5.74) is 0.737. The lowest BCUT2D eigenvalue weighted by atomic mass is 10.2. The smallest absolute Gasteiger partial charge is 0.313 e. The molecule has 8 heteroatoms. The number of hydrogen-bond donors (Lipinski definition) is 1. The van der Waals surface area contributed by atoms with Gasteiger partial charge in [0.2, 0.25) is 5.91 Å². The highest BCUT2D eigenvalue weighted by Gasteiger charge is 2.16. The van der Waals surface area contributed by atoms with Crippen LogP contribution in [0.5, 0.6) is 11.5 Å². The molecule has 0 bridgehead atoms. The number of thioether (sulfide) groups is 1. The summed E-state index contributed by atoms with van der Waals surface area (Å²) in [5, 5.41) is 10.9. The molecule has 1 aromatic carbocycles. The van der Waals surface area contributed by atoms with Gasteiger partial charge in [-0.2, -0.15) is 5.10 Å². The molecule has 1 aliphatic rings. The second-order valence-electron chi connectivity index (χ2n) is 5.20. The molecule has 128 valence electrons. The van der Waals surface area contributed by atoms with Crippen molar-refractivity contribution in [3.63, 3.8) is 0 Å². The lowest BCUT2D eigenvalue weighted by Gasteiger charge is -2.12. The van der Waals surface area contributed by atoms with Crippen LogP contribution in [0.2, 0.25) is 0 Å². The number of carbonyl (C=O) groups is 2. The van der Waals surface area contributed by atoms with Crippen LogP contribution in [-0.4, -0.2) is 35.6 Å². The first kappa shape index (κ1) is 18.0. The SMILES string of the molecule is CCOc1cc(C=NN=C2NC(=O)CS2)ccc1OC(=O)C(C)C. The van der Waals surface area contributed by atoms with Crippen molar-refractivity contribution in [1.82, 2.24) is 5.32 Å². The Morgan fingerprint density at radius 3 is 2.83 bits per heavy atom. The van der Waals surface area contributed by atoms with E-state index < -0.39 is 0 Å². The summed E-state index contributed by atoms with van der Waals surface area (Å²) in [7, 11) is 0. The van der Waals surface area contributed by atoms with Gasteiger partial charge in [-0.15, -0.1) is 5.10 Å². The minimum atomic E-state index is -0.322. The van der Waals surface area contributed by atoms with Crippen LogP contribution in [-0.2, 0) is 9.59 Å². The summed E-state index contributed by atoms with van der Waals surface area (Å²) >= 11 is 1.30. The first-order valence-corrected chi connectivity index (χ1v) is 8.50. The first-order chi connectivity index (χ1) is 11.5. The Morgan fingerprint density at radius 2 is 2.21 bits per heavy atom. The Balaban J connectivity index is 2.12. The quantitative estimate of drug-likeness (QED) is 0.368. The van der Waals surface area contributed by atoms with Gasteiger partial charge in [0.1, 0.15) is 0 Å². The third kappa shape index (κ3) is 5.09. The number of ether oxygens (including phenoxy) is 2. The van der Waals surface area contributed by atoms with Crippen LogP contribution in [0, 0.1) is 5.92 Å². The van der Waals surface area contributed by atoms with E-state index >= 15 is 0 Å². The van der Waals surface area contributed by atoms with E-state index in [0.29, 0.717) is 29.0 Å². The van der Waals surface area contributed by atoms with Crippen LogP contribution in [0.3, 0.4) is 0 Å². The predicted octanol–water partition coefficient (Wildman–Crippen LogP) is 2.20. The van der Waals surface area contributed by atoms with Crippen molar-refractivity contribution in [3.05, 3.63) is 23.8 Å². The van der Waals surface area contributed by atoms with Gasteiger partial charge >= 0.3 is 5.97 Å². The molecular formula is C16H19N3O4S. The molecule has 0 aromatic heterocycles.